The van der Waals surface area contributed by atoms with Crippen LogP contribution in [0.1, 0.15) is 39.0 Å². The van der Waals surface area contributed by atoms with Gasteiger partial charge in [0, 0.05) is 20.2 Å². The molecule has 0 aromatic carbocycles. The Morgan fingerprint density at radius 1 is 1.29 bits per heavy atom. The summed E-state index contributed by atoms with van der Waals surface area (Å²) in [6, 6.07) is 0. The van der Waals surface area contributed by atoms with Gasteiger partial charge < -0.3 is 10.1 Å². The largest absolute Gasteiger partial charge is 0.383 e. The Kier molecular flexibility index (Phi) is 6.44. The molecule has 4 nitrogen and oxygen atoms in total. The lowest BCUT2D eigenvalue weighted by molar-refractivity contribution is 0.199. The van der Waals surface area contributed by atoms with Gasteiger partial charge in [-0.3, -0.25) is 0 Å². The second-order valence-electron chi connectivity index (χ2n) is 4.86. The van der Waals surface area contributed by atoms with Crippen LogP contribution in [0.15, 0.2) is 0 Å². The maximum absolute atomic E-state index is 12.3. The third kappa shape index (κ3) is 4.56. The van der Waals surface area contributed by atoms with Crippen molar-refractivity contribution in [2.75, 3.05) is 26.8 Å². The van der Waals surface area contributed by atoms with Crippen LogP contribution in [0.25, 0.3) is 0 Å². The second kappa shape index (κ2) is 7.34. The molecule has 0 aromatic rings. The zero-order chi connectivity index (χ0) is 12.7. The van der Waals surface area contributed by atoms with Gasteiger partial charge in [0.25, 0.3) is 0 Å². The van der Waals surface area contributed by atoms with E-state index in [1.54, 1.807) is 7.11 Å². The summed E-state index contributed by atoms with van der Waals surface area (Å²) >= 11 is 0. The Labute approximate surface area is 105 Å². The van der Waals surface area contributed by atoms with E-state index in [9.17, 15) is 8.42 Å². The summed E-state index contributed by atoms with van der Waals surface area (Å²) in [6.07, 6.45) is 5.02. The van der Waals surface area contributed by atoms with E-state index < -0.39 is 9.84 Å². The second-order valence-corrected chi connectivity index (χ2v) is 7.51. The first-order valence-corrected chi connectivity index (χ1v) is 8.12. The highest BCUT2D eigenvalue weighted by Gasteiger charge is 2.31. The van der Waals surface area contributed by atoms with Crippen molar-refractivity contribution in [2.45, 2.75) is 49.5 Å². The highest BCUT2D eigenvalue weighted by molar-refractivity contribution is 7.92. The number of ether oxygens (including phenoxy) is 1. The summed E-state index contributed by atoms with van der Waals surface area (Å²) in [5.41, 5.74) is 0. The maximum Gasteiger partial charge on any atom is 0.156 e. The summed E-state index contributed by atoms with van der Waals surface area (Å²) in [5, 5.41) is 2.74. The van der Waals surface area contributed by atoms with E-state index in [1.165, 1.54) is 6.42 Å². The minimum Gasteiger partial charge on any atom is -0.383 e. The molecule has 0 bridgehead atoms. The number of hydrogen-bond acceptors (Lipinski definition) is 4. The van der Waals surface area contributed by atoms with Crippen LogP contribution in [0.2, 0.25) is 0 Å². The molecule has 0 spiro atoms. The number of methoxy groups -OCH3 is 1. The minimum atomic E-state index is -2.95. The number of hydrogen-bond donors (Lipinski definition) is 1. The molecule has 1 saturated carbocycles. The van der Waals surface area contributed by atoms with E-state index in [0.717, 1.165) is 25.7 Å². The van der Waals surface area contributed by atoms with Crippen LogP contribution in [-0.2, 0) is 14.6 Å². The number of nitrogens with one attached hydrogen (secondary N) is 1. The summed E-state index contributed by atoms with van der Waals surface area (Å²) in [4.78, 5) is 0. The van der Waals surface area contributed by atoms with Gasteiger partial charge in [-0.2, -0.15) is 0 Å². The molecule has 0 amide bonds. The van der Waals surface area contributed by atoms with Gasteiger partial charge in [0.05, 0.1) is 17.1 Å². The fourth-order valence-corrected chi connectivity index (χ4v) is 4.32. The zero-order valence-electron chi connectivity index (χ0n) is 10.9. The summed E-state index contributed by atoms with van der Waals surface area (Å²) in [5.74, 6) is 0. The lowest BCUT2D eigenvalue weighted by atomic mass is 10.0. The first-order chi connectivity index (χ1) is 8.09. The van der Waals surface area contributed by atoms with Gasteiger partial charge in [-0.05, 0) is 19.8 Å². The standard InChI is InChI=1S/C12H25NO3S/c1-11(10-13-8-9-16-2)17(14,15)12-6-4-3-5-7-12/h11-13H,3-10H2,1-2H3. The van der Waals surface area contributed by atoms with Crippen LogP contribution in [0, 0.1) is 0 Å². The Morgan fingerprint density at radius 2 is 1.94 bits per heavy atom. The maximum atomic E-state index is 12.3. The molecule has 0 heterocycles. The fourth-order valence-electron chi connectivity index (χ4n) is 2.32. The normalized spacial score (nSPS) is 20.4. The average Bonchev–Trinajstić information content (AvgIpc) is 2.35. The predicted octanol–water partition coefficient (Wildman–Crippen LogP) is 1.36. The molecule has 5 heteroatoms. The van der Waals surface area contributed by atoms with Crippen molar-refractivity contribution in [3.8, 4) is 0 Å². The van der Waals surface area contributed by atoms with E-state index >= 15 is 0 Å². The highest BCUT2D eigenvalue weighted by atomic mass is 32.2. The Morgan fingerprint density at radius 3 is 2.53 bits per heavy atom. The van der Waals surface area contributed by atoms with Crippen LogP contribution in [0.3, 0.4) is 0 Å². The molecular weight excluding hydrogens is 238 g/mol. The average molecular weight is 263 g/mol. The third-order valence-electron chi connectivity index (χ3n) is 3.49. The lowest BCUT2D eigenvalue weighted by Crippen LogP contribution is -2.38. The Hall–Kier alpha value is -0.130. The first-order valence-electron chi connectivity index (χ1n) is 6.51. The van der Waals surface area contributed by atoms with E-state index in [0.29, 0.717) is 19.7 Å². The van der Waals surface area contributed by atoms with Crippen molar-refractivity contribution in [1.29, 1.82) is 0 Å². The van der Waals surface area contributed by atoms with Crippen LogP contribution in [0.4, 0.5) is 0 Å². The molecule has 0 aromatic heterocycles. The van der Waals surface area contributed by atoms with Gasteiger partial charge in [-0.15, -0.1) is 0 Å². The van der Waals surface area contributed by atoms with Gasteiger partial charge in [0.15, 0.2) is 9.84 Å². The summed E-state index contributed by atoms with van der Waals surface area (Å²) < 4.78 is 29.5. The molecule has 1 aliphatic carbocycles. The number of rotatable bonds is 7. The molecule has 102 valence electrons. The van der Waals surface area contributed by atoms with E-state index in [1.807, 2.05) is 6.92 Å². The van der Waals surface area contributed by atoms with Gasteiger partial charge in [-0.1, -0.05) is 19.3 Å². The van der Waals surface area contributed by atoms with Crippen molar-refractivity contribution >= 4 is 9.84 Å². The van der Waals surface area contributed by atoms with Crippen molar-refractivity contribution in [1.82, 2.24) is 5.32 Å². The molecule has 1 N–H and O–H groups in total. The summed E-state index contributed by atoms with van der Waals surface area (Å²) in [6.45, 7) is 3.67. The molecule has 1 atom stereocenters. The van der Waals surface area contributed by atoms with Crippen LogP contribution in [0.5, 0.6) is 0 Å². The number of sulfone groups is 1. The van der Waals surface area contributed by atoms with E-state index in [2.05, 4.69) is 5.32 Å². The lowest BCUT2D eigenvalue weighted by Gasteiger charge is -2.25. The monoisotopic (exact) mass is 263 g/mol. The minimum absolute atomic E-state index is 0.101. The molecule has 1 rings (SSSR count). The van der Waals surface area contributed by atoms with Crippen LogP contribution < -0.4 is 5.32 Å². The van der Waals surface area contributed by atoms with Crippen molar-refractivity contribution in [3.63, 3.8) is 0 Å². The van der Waals surface area contributed by atoms with Crippen LogP contribution >= 0.6 is 0 Å². The van der Waals surface area contributed by atoms with Gasteiger partial charge in [0.2, 0.25) is 0 Å². The van der Waals surface area contributed by atoms with Gasteiger partial charge in [0.1, 0.15) is 0 Å². The molecule has 0 radical (unpaired) electrons. The molecule has 1 unspecified atom stereocenters. The molecule has 0 saturated heterocycles. The van der Waals surface area contributed by atoms with Crippen LogP contribution in [-0.4, -0.2) is 45.7 Å². The van der Waals surface area contributed by atoms with Crippen molar-refractivity contribution < 1.29 is 13.2 Å². The molecule has 1 fully saturated rings. The Bertz CT molecular complexity index is 297. The smallest absolute Gasteiger partial charge is 0.156 e. The fraction of sp³-hybridized carbons (Fsp3) is 1.00. The predicted molar refractivity (Wildman–Crippen MR) is 70.0 cm³/mol. The van der Waals surface area contributed by atoms with Gasteiger partial charge >= 0.3 is 0 Å². The molecule has 17 heavy (non-hydrogen) atoms. The third-order valence-corrected chi connectivity index (χ3v) is 6.18. The SMILES string of the molecule is COCCNCC(C)S(=O)(=O)C1CCCCC1. The van der Waals surface area contributed by atoms with Gasteiger partial charge in [-0.25, -0.2) is 8.42 Å². The zero-order valence-corrected chi connectivity index (χ0v) is 11.8. The van der Waals surface area contributed by atoms with E-state index in [4.69, 9.17) is 4.74 Å². The topological polar surface area (TPSA) is 55.4 Å². The van der Waals surface area contributed by atoms with Crippen molar-refractivity contribution in [2.24, 2.45) is 0 Å². The molecule has 0 aliphatic heterocycles. The van der Waals surface area contributed by atoms with Crippen molar-refractivity contribution in [3.05, 3.63) is 0 Å². The first kappa shape index (κ1) is 14.9. The summed E-state index contributed by atoms with van der Waals surface area (Å²) in [7, 11) is -1.31. The Balaban J connectivity index is 2.39. The quantitative estimate of drug-likeness (QED) is 0.705. The van der Waals surface area contributed by atoms with E-state index in [-0.39, 0.29) is 10.5 Å². The molecule has 1 aliphatic rings. The highest BCUT2D eigenvalue weighted by Crippen LogP contribution is 2.26. The molecular formula is C12H25NO3S.